The fourth-order valence-corrected chi connectivity index (χ4v) is 2.96. The maximum absolute atomic E-state index is 11.9. The molecule has 0 aromatic carbocycles. The van der Waals surface area contributed by atoms with Crippen LogP contribution in [0.15, 0.2) is 29.7 Å². The van der Waals surface area contributed by atoms with Crippen LogP contribution in [-0.2, 0) is 16.1 Å². The maximum atomic E-state index is 11.9. The first kappa shape index (κ1) is 18.9. The minimum absolute atomic E-state index is 0.0275. The average molecular weight is 362 g/mol. The molecule has 2 N–H and O–H groups in total. The van der Waals surface area contributed by atoms with Gasteiger partial charge >= 0.3 is 0 Å². The van der Waals surface area contributed by atoms with Crippen LogP contribution in [0.5, 0.6) is 0 Å². The van der Waals surface area contributed by atoms with Crippen LogP contribution in [0.3, 0.4) is 0 Å². The number of nitrogens with zero attached hydrogens (tertiary/aromatic N) is 4. The van der Waals surface area contributed by atoms with Crippen molar-refractivity contribution in [3.8, 4) is 11.4 Å². The van der Waals surface area contributed by atoms with E-state index in [-0.39, 0.29) is 30.2 Å². The zero-order valence-corrected chi connectivity index (χ0v) is 15.3. The minimum atomic E-state index is -0.222. The van der Waals surface area contributed by atoms with E-state index in [4.69, 9.17) is 0 Å². The third kappa shape index (κ3) is 5.56. The summed E-state index contributed by atoms with van der Waals surface area (Å²) in [5.41, 5.74) is 0.922. The molecule has 0 unspecified atom stereocenters. The van der Waals surface area contributed by atoms with Crippen LogP contribution >= 0.6 is 11.8 Å². The lowest BCUT2D eigenvalue weighted by molar-refractivity contribution is -0.125. The number of carbonyl (C=O) groups excluding carboxylic acids is 2. The van der Waals surface area contributed by atoms with Gasteiger partial charge in [0.05, 0.1) is 12.3 Å². The number of amides is 2. The van der Waals surface area contributed by atoms with E-state index in [1.165, 1.54) is 11.8 Å². The highest BCUT2D eigenvalue weighted by molar-refractivity contribution is 7.99. The van der Waals surface area contributed by atoms with Crippen LogP contribution in [0.1, 0.15) is 20.8 Å². The Morgan fingerprint density at radius 2 is 1.92 bits per heavy atom. The first-order chi connectivity index (χ1) is 12.0. The molecule has 9 heteroatoms. The zero-order valence-electron chi connectivity index (χ0n) is 14.5. The molecule has 2 aromatic heterocycles. The van der Waals surface area contributed by atoms with E-state index < -0.39 is 0 Å². The Bertz CT molecular complexity index is 717. The Labute approximate surface area is 150 Å². The van der Waals surface area contributed by atoms with Gasteiger partial charge in [-0.1, -0.05) is 11.8 Å². The van der Waals surface area contributed by atoms with E-state index in [0.29, 0.717) is 11.7 Å². The number of carbonyl (C=O) groups is 2. The van der Waals surface area contributed by atoms with Crippen molar-refractivity contribution < 1.29 is 9.59 Å². The zero-order chi connectivity index (χ0) is 18.2. The van der Waals surface area contributed by atoms with Gasteiger partial charge in [0, 0.05) is 30.5 Å². The lowest BCUT2D eigenvalue weighted by atomic mass is 10.2. The topological polar surface area (TPSA) is 102 Å². The summed E-state index contributed by atoms with van der Waals surface area (Å²) in [7, 11) is 0. The van der Waals surface area contributed by atoms with Gasteiger partial charge in [0.25, 0.3) is 0 Å². The van der Waals surface area contributed by atoms with Crippen molar-refractivity contribution in [1.29, 1.82) is 0 Å². The highest BCUT2D eigenvalue weighted by atomic mass is 32.2. The molecule has 0 aliphatic heterocycles. The molecule has 0 saturated carbocycles. The number of rotatable bonds is 8. The van der Waals surface area contributed by atoms with Crippen molar-refractivity contribution in [2.45, 2.75) is 38.5 Å². The van der Waals surface area contributed by atoms with E-state index in [1.807, 2.05) is 37.5 Å². The second-order valence-corrected chi connectivity index (χ2v) is 6.52. The molecule has 0 aliphatic rings. The molecule has 0 radical (unpaired) electrons. The second kappa shape index (κ2) is 9.16. The maximum Gasteiger partial charge on any atom is 0.239 e. The Morgan fingerprint density at radius 1 is 1.20 bits per heavy atom. The molecular formula is C16H22N6O2S. The van der Waals surface area contributed by atoms with Crippen LogP contribution in [0.25, 0.3) is 11.4 Å². The normalized spacial score (nSPS) is 10.7. The predicted octanol–water partition coefficient (Wildman–Crippen LogP) is 1.09. The molecule has 8 nitrogen and oxygen atoms in total. The first-order valence-corrected chi connectivity index (χ1v) is 9.02. The van der Waals surface area contributed by atoms with E-state index in [2.05, 4.69) is 25.8 Å². The SMILES string of the molecule is CCn1c(SCC(=O)NCC(=O)NC(C)C)nnc1-c1ccncc1. The Morgan fingerprint density at radius 3 is 2.56 bits per heavy atom. The number of thioether (sulfide) groups is 1. The van der Waals surface area contributed by atoms with Crippen LogP contribution < -0.4 is 10.6 Å². The average Bonchev–Trinajstić information content (AvgIpc) is 3.01. The third-order valence-corrected chi connectivity index (χ3v) is 4.17. The molecule has 0 bridgehead atoms. The van der Waals surface area contributed by atoms with Gasteiger partial charge in [0.15, 0.2) is 11.0 Å². The largest absolute Gasteiger partial charge is 0.352 e. The van der Waals surface area contributed by atoms with Gasteiger partial charge in [-0.25, -0.2) is 0 Å². The summed E-state index contributed by atoms with van der Waals surface area (Å²) in [4.78, 5) is 27.4. The van der Waals surface area contributed by atoms with Gasteiger partial charge in [-0.3, -0.25) is 14.6 Å². The summed E-state index contributed by atoms with van der Waals surface area (Å²) in [5, 5.41) is 14.4. The first-order valence-electron chi connectivity index (χ1n) is 8.03. The van der Waals surface area contributed by atoms with Crippen LogP contribution in [-0.4, -0.2) is 49.9 Å². The molecule has 2 rings (SSSR count). The van der Waals surface area contributed by atoms with Crippen molar-refractivity contribution in [1.82, 2.24) is 30.4 Å². The molecule has 0 fully saturated rings. The number of pyridine rings is 1. The van der Waals surface area contributed by atoms with Crippen molar-refractivity contribution in [2.24, 2.45) is 0 Å². The quantitative estimate of drug-likeness (QED) is 0.682. The summed E-state index contributed by atoms with van der Waals surface area (Å²) in [6, 6.07) is 3.78. The number of hydrogen-bond acceptors (Lipinski definition) is 6. The van der Waals surface area contributed by atoms with Crippen LogP contribution in [0, 0.1) is 0 Å². The van der Waals surface area contributed by atoms with Gasteiger partial charge in [-0.15, -0.1) is 10.2 Å². The fourth-order valence-electron chi connectivity index (χ4n) is 2.13. The Balaban J connectivity index is 1.92. The lowest BCUT2D eigenvalue weighted by Gasteiger charge is -2.09. The fraction of sp³-hybridized carbons (Fsp3) is 0.438. The molecule has 0 aliphatic carbocycles. The van der Waals surface area contributed by atoms with Crippen molar-refractivity contribution in [3.05, 3.63) is 24.5 Å². The van der Waals surface area contributed by atoms with Crippen LogP contribution in [0.4, 0.5) is 0 Å². The Hall–Kier alpha value is -2.42. The number of aromatic nitrogens is 4. The van der Waals surface area contributed by atoms with Crippen molar-refractivity contribution in [2.75, 3.05) is 12.3 Å². The smallest absolute Gasteiger partial charge is 0.239 e. The third-order valence-electron chi connectivity index (χ3n) is 3.20. The monoisotopic (exact) mass is 362 g/mol. The number of hydrogen-bond donors (Lipinski definition) is 2. The molecule has 0 spiro atoms. The summed E-state index contributed by atoms with van der Waals surface area (Å²) in [6.07, 6.45) is 3.40. The highest BCUT2D eigenvalue weighted by Crippen LogP contribution is 2.23. The summed E-state index contributed by atoms with van der Waals surface area (Å²) in [5.74, 6) is 0.484. The summed E-state index contributed by atoms with van der Waals surface area (Å²) < 4.78 is 1.94. The second-order valence-electron chi connectivity index (χ2n) is 5.57. The van der Waals surface area contributed by atoms with Gasteiger partial charge < -0.3 is 15.2 Å². The van der Waals surface area contributed by atoms with Gasteiger partial charge in [0.1, 0.15) is 0 Å². The molecule has 2 heterocycles. The molecule has 2 amide bonds. The standard InChI is InChI=1S/C16H22N6O2S/c1-4-22-15(12-5-7-17-8-6-12)20-21-16(22)25-10-14(24)18-9-13(23)19-11(2)3/h5-8,11H,4,9-10H2,1-3H3,(H,18,24)(H,19,23). The van der Waals surface area contributed by atoms with E-state index in [9.17, 15) is 9.59 Å². The predicted molar refractivity (Wildman–Crippen MR) is 95.9 cm³/mol. The summed E-state index contributed by atoms with van der Waals surface area (Å²) in [6.45, 7) is 6.39. The molecule has 2 aromatic rings. The van der Waals surface area contributed by atoms with Gasteiger partial charge in [0.2, 0.25) is 11.8 Å². The van der Waals surface area contributed by atoms with Crippen molar-refractivity contribution in [3.63, 3.8) is 0 Å². The van der Waals surface area contributed by atoms with Gasteiger partial charge in [-0.05, 0) is 32.9 Å². The highest BCUT2D eigenvalue weighted by Gasteiger charge is 2.14. The summed E-state index contributed by atoms with van der Waals surface area (Å²) >= 11 is 1.29. The van der Waals surface area contributed by atoms with E-state index >= 15 is 0 Å². The molecule has 25 heavy (non-hydrogen) atoms. The molecule has 0 atom stereocenters. The van der Waals surface area contributed by atoms with Crippen molar-refractivity contribution >= 4 is 23.6 Å². The minimum Gasteiger partial charge on any atom is -0.352 e. The lowest BCUT2D eigenvalue weighted by Crippen LogP contribution is -2.40. The number of nitrogens with one attached hydrogen (secondary N) is 2. The van der Waals surface area contributed by atoms with E-state index in [0.717, 1.165) is 11.4 Å². The molecular weight excluding hydrogens is 340 g/mol. The molecule has 134 valence electrons. The van der Waals surface area contributed by atoms with E-state index in [1.54, 1.807) is 12.4 Å². The van der Waals surface area contributed by atoms with Gasteiger partial charge in [-0.2, -0.15) is 0 Å². The Kier molecular flexibility index (Phi) is 6.93. The molecule has 0 saturated heterocycles. The van der Waals surface area contributed by atoms with Crippen LogP contribution in [0.2, 0.25) is 0 Å².